The molecule has 0 aliphatic heterocycles. The smallest absolute Gasteiger partial charge is 0.123 e. The van der Waals surface area contributed by atoms with Crippen LogP contribution in [0.3, 0.4) is 0 Å². The number of halogens is 1. The maximum atomic E-state index is 14.2. The Kier molecular flexibility index (Phi) is 9.85. The Hall–Kier alpha value is -7.49. The molecule has 0 bridgehead atoms. The van der Waals surface area contributed by atoms with Gasteiger partial charge in [-0.2, -0.15) is 0 Å². The van der Waals surface area contributed by atoms with Crippen molar-refractivity contribution in [2.24, 2.45) is 11.8 Å². The van der Waals surface area contributed by atoms with Gasteiger partial charge in [0.1, 0.15) is 5.82 Å². The lowest BCUT2D eigenvalue weighted by molar-refractivity contribution is 0.621. The zero-order chi connectivity index (χ0) is 40.4. The number of para-hydroxylation sites is 2. The van der Waals surface area contributed by atoms with Crippen LogP contribution in [0.2, 0.25) is 0 Å². The minimum atomic E-state index is -0.251. The van der Waals surface area contributed by atoms with Crippen molar-refractivity contribution in [1.82, 2.24) is 4.57 Å². The van der Waals surface area contributed by atoms with Gasteiger partial charge in [0.05, 0.1) is 11.0 Å². The summed E-state index contributed by atoms with van der Waals surface area (Å²) in [6.07, 6.45) is 9.05. The predicted molar refractivity (Wildman–Crippen MR) is 251 cm³/mol. The van der Waals surface area contributed by atoms with Crippen LogP contribution in [-0.2, 0) is 0 Å². The number of fused-ring (bicyclic) bond motifs is 3. The van der Waals surface area contributed by atoms with E-state index in [-0.39, 0.29) is 11.7 Å². The first-order valence-corrected chi connectivity index (χ1v) is 20.7. The molecule has 1 aliphatic carbocycles. The summed E-state index contributed by atoms with van der Waals surface area (Å²) >= 11 is 0. The molecule has 60 heavy (non-hydrogen) atoms. The van der Waals surface area contributed by atoms with Gasteiger partial charge in [-0.1, -0.05) is 165 Å². The molecule has 1 heterocycles. The quantitative estimate of drug-likeness (QED) is 0.133. The van der Waals surface area contributed by atoms with E-state index in [1.807, 2.05) is 12.1 Å². The highest BCUT2D eigenvalue weighted by atomic mass is 19.1. The van der Waals surface area contributed by atoms with Crippen LogP contribution in [-0.4, -0.2) is 4.57 Å². The van der Waals surface area contributed by atoms with Crippen molar-refractivity contribution in [3.63, 3.8) is 0 Å². The zero-order valence-electron chi connectivity index (χ0n) is 33.4. The van der Waals surface area contributed by atoms with Gasteiger partial charge in [-0.3, -0.25) is 0 Å². The molecular weight excluding hydrogens is 732 g/mol. The molecule has 8 aromatic carbocycles. The lowest BCUT2D eigenvalue weighted by atomic mass is 9.75. The van der Waals surface area contributed by atoms with Gasteiger partial charge in [0, 0.05) is 39.4 Å². The molecule has 0 saturated carbocycles. The number of allylic oxidation sites excluding steroid dienone is 5. The van der Waals surface area contributed by atoms with E-state index in [4.69, 9.17) is 0 Å². The fourth-order valence-corrected chi connectivity index (χ4v) is 8.95. The minimum absolute atomic E-state index is 0.181. The standard InChI is InChI=1S/C57H43FN2/c1-40-17-11-12-28-51(40)57(56(41-18-5-2-6-19-41)42-20-7-3-8-21-42)45-24-15-22-43(37-45)44-23-16-27-49(38-44)59(47-25-9-4-10-26-47)50-35-36-53-52-29-13-14-30-54(52)60(55(53)39-50)48-33-31-46(58)32-34-48/h2-40,51H,1H3. The van der Waals surface area contributed by atoms with Gasteiger partial charge in [-0.25, -0.2) is 4.39 Å². The Labute approximate surface area is 351 Å². The Morgan fingerprint density at radius 2 is 1.03 bits per heavy atom. The molecule has 10 rings (SSSR count). The highest BCUT2D eigenvalue weighted by Crippen LogP contribution is 2.44. The van der Waals surface area contributed by atoms with Gasteiger partial charge in [-0.05, 0) is 118 Å². The van der Waals surface area contributed by atoms with E-state index < -0.39 is 0 Å². The van der Waals surface area contributed by atoms with Gasteiger partial charge in [-0.15, -0.1) is 0 Å². The average Bonchev–Trinajstić information content (AvgIpc) is 3.63. The molecule has 3 heteroatoms. The molecule has 9 aromatic rings. The van der Waals surface area contributed by atoms with E-state index in [9.17, 15) is 4.39 Å². The van der Waals surface area contributed by atoms with Gasteiger partial charge in [0.25, 0.3) is 0 Å². The first-order chi connectivity index (χ1) is 29.6. The van der Waals surface area contributed by atoms with Crippen molar-refractivity contribution in [1.29, 1.82) is 0 Å². The molecule has 0 radical (unpaired) electrons. The van der Waals surface area contributed by atoms with E-state index >= 15 is 0 Å². The lowest BCUT2D eigenvalue weighted by Gasteiger charge is -2.28. The van der Waals surface area contributed by atoms with E-state index in [1.54, 1.807) is 0 Å². The van der Waals surface area contributed by atoms with Crippen LogP contribution in [0.4, 0.5) is 21.5 Å². The Morgan fingerprint density at radius 3 is 1.75 bits per heavy atom. The fraction of sp³-hybridized carbons (Fsp3) is 0.0526. The van der Waals surface area contributed by atoms with E-state index in [1.165, 1.54) is 40.0 Å². The van der Waals surface area contributed by atoms with Crippen LogP contribution in [0.15, 0.2) is 231 Å². The monoisotopic (exact) mass is 774 g/mol. The molecule has 0 N–H and O–H groups in total. The third kappa shape index (κ3) is 6.95. The number of benzene rings is 8. The van der Waals surface area contributed by atoms with Crippen molar-refractivity contribution in [2.45, 2.75) is 6.92 Å². The molecular formula is C57H43FN2. The van der Waals surface area contributed by atoms with E-state index in [0.29, 0.717) is 5.92 Å². The molecule has 1 aliphatic rings. The van der Waals surface area contributed by atoms with Crippen molar-refractivity contribution in [3.05, 3.63) is 253 Å². The highest BCUT2D eigenvalue weighted by molar-refractivity contribution is 6.10. The molecule has 0 fully saturated rings. The second-order valence-corrected chi connectivity index (χ2v) is 15.5. The molecule has 2 unspecified atom stereocenters. The Bertz CT molecular complexity index is 3010. The maximum Gasteiger partial charge on any atom is 0.123 e. The number of nitrogens with zero attached hydrogens (tertiary/aromatic N) is 2. The summed E-state index contributed by atoms with van der Waals surface area (Å²) in [6.45, 7) is 2.32. The van der Waals surface area contributed by atoms with E-state index in [0.717, 1.165) is 55.7 Å². The predicted octanol–water partition coefficient (Wildman–Crippen LogP) is 15.4. The van der Waals surface area contributed by atoms with Crippen LogP contribution in [0.25, 0.3) is 49.8 Å². The van der Waals surface area contributed by atoms with E-state index in [2.05, 4.69) is 223 Å². The largest absolute Gasteiger partial charge is 0.310 e. The third-order valence-electron chi connectivity index (χ3n) is 11.8. The Balaban J connectivity index is 1.13. The molecule has 0 saturated heterocycles. The molecule has 288 valence electrons. The molecule has 0 spiro atoms. The normalized spacial score (nSPS) is 14.7. The number of aromatic nitrogens is 1. The molecule has 0 amide bonds. The van der Waals surface area contributed by atoms with Crippen LogP contribution < -0.4 is 4.90 Å². The zero-order valence-corrected chi connectivity index (χ0v) is 33.4. The van der Waals surface area contributed by atoms with Crippen molar-refractivity contribution in [3.8, 4) is 16.8 Å². The first-order valence-electron chi connectivity index (χ1n) is 20.7. The third-order valence-corrected chi connectivity index (χ3v) is 11.8. The second kappa shape index (κ2) is 16.0. The summed E-state index contributed by atoms with van der Waals surface area (Å²) in [7, 11) is 0. The summed E-state index contributed by atoms with van der Waals surface area (Å²) in [4.78, 5) is 2.33. The average molecular weight is 775 g/mol. The molecule has 2 nitrogen and oxygen atoms in total. The van der Waals surface area contributed by atoms with Gasteiger partial charge in [0.2, 0.25) is 0 Å². The van der Waals surface area contributed by atoms with Crippen LogP contribution >= 0.6 is 0 Å². The maximum absolute atomic E-state index is 14.2. The summed E-state index contributed by atoms with van der Waals surface area (Å²) in [6, 6.07) is 72.1. The number of anilines is 3. The molecule has 1 aromatic heterocycles. The topological polar surface area (TPSA) is 8.17 Å². The van der Waals surface area contributed by atoms with Gasteiger partial charge in [0.15, 0.2) is 0 Å². The summed E-state index contributed by atoms with van der Waals surface area (Å²) in [5, 5.41) is 2.30. The minimum Gasteiger partial charge on any atom is -0.310 e. The number of hydrogen-bond donors (Lipinski definition) is 0. The van der Waals surface area contributed by atoms with Gasteiger partial charge >= 0.3 is 0 Å². The van der Waals surface area contributed by atoms with Crippen molar-refractivity contribution < 1.29 is 4.39 Å². The fourth-order valence-electron chi connectivity index (χ4n) is 8.95. The summed E-state index contributed by atoms with van der Waals surface area (Å²) in [5.41, 5.74) is 14.6. The van der Waals surface area contributed by atoms with Crippen LogP contribution in [0.1, 0.15) is 23.6 Å². The van der Waals surface area contributed by atoms with Gasteiger partial charge < -0.3 is 9.47 Å². The first kappa shape index (κ1) is 36.8. The summed E-state index contributed by atoms with van der Waals surface area (Å²) in [5.74, 6) is 0.248. The Morgan fingerprint density at radius 1 is 0.467 bits per heavy atom. The second-order valence-electron chi connectivity index (χ2n) is 15.5. The lowest BCUT2D eigenvalue weighted by Crippen LogP contribution is -2.14. The van der Waals surface area contributed by atoms with Crippen LogP contribution in [0, 0.1) is 17.7 Å². The molecule has 2 atom stereocenters. The van der Waals surface area contributed by atoms with Crippen molar-refractivity contribution in [2.75, 3.05) is 4.90 Å². The number of hydrogen-bond acceptors (Lipinski definition) is 1. The van der Waals surface area contributed by atoms with Crippen LogP contribution in [0.5, 0.6) is 0 Å². The highest BCUT2D eigenvalue weighted by Gasteiger charge is 2.26. The summed E-state index contributed by atoms with van der Waals surface area (Å²) < 4.78 is 16.4. The SMILES string of the molecule is CC1C=CC=CC1C(=C(c1ccccc1)c1ccccc1)c1cccc(-c2cccc(N(c3ccccc3)c3ccc4c5ccccc5n(-c5ccc(F)cc5)c4c3)c2)c1. The van der Waals surface area contributed by atoms with Crippen molar-refractivity contribution >= 4 is 50.0 Å². The number of rotatable bonds is 9.